The molecule has 2 saturated carbocycles. The number of carbonyl (C=O) groups is 4. The Hall–Kier alpha value is -5.53. The van der Waals surface area contributed by atoms with E-state index in [0.717, 1.165) is 94.3 Å². The number of rotatable bonds is 15. The van der Waals surface area contributed by atoms with Crippen LogP contribution in [0.4, 0.5) is 0 Å². The Morgan fingerprint density at radius 1 is 0.959 bits per heavy atom. The first-order valence-corrected chi connectivity index (χ1v) is 27.4. The summed E-state index contributed by atoms with van der Waals surface area (Å²) in [5, 5.41) is 17.5. The fourth-order valence-electron chi connectivity index (χ4n) is 11.5. The number of hydrogen-bond donors (Lipinski definition) is 3. The van der Waals surface area contributed by atoms with Gasteiger partial charge in [0.25, 0.3) is 5.56 Å². The molecule has 4 aliphatic rings. The van der Waals surface area contributed by atoms with Crippen LogP contribution >= 0.6 is 27.3 Å². The molecule has 6 aromatic rings. The van der Waals surface area contributed by atoms with Gasteiger partial charge in [-0.1, -0.05) is 70.0 Å². The fraction of sp³-hybridized carbons (Fsp3) is 0.509. The predicted octanol–water partition coefficient (Wildman–Crippen LogP) is 7.61. The number of nitrogens with zero attached hydrogens (tertiary/aromatic N) is 6. The molecule has 0 spiro atoms. The monoisotopic (exact) mass is 1080 g/mol. The number of amides is 3. The van der Waals surface area contributed by atoms with Crippen molar-refractivity contribution in [2.45, 2.75) is 122 Å². The van der Waals surface area contributed by atoms with E-state index in [-0.39, 0.29) is 25.1 Å². The van der Waals surface area contributed by atoms with Gasteiger partial charge in [-0.2, -0.15) is 4.98 Å². The number of methoxy groups -OCH3 is 1. The standard InChI is InChI=1S/C55H65BrN8O8S/c1-32-46(73-31-57-32)35-15-13-34(14-16-35)40(58-48(66)44-28-38(65)29-62(44)50(68)47(54(2,3)4)59-51(69)55(21-22-55)52(70)71-5)30-72-26-25-61-23-19-33(20-24-61)36-17-18-41-43(27-36)63(37-9-6-7-10-37)53-60-49(67)45-39(56)11-8-12-42(45)64(41)53/h8,11-18,27,31,33,37-38,40,44,47,65H,6-7,9-10,19-26,28-30H2,1-5H3,(H,58,66)(H,59,69)/t38-,40+,44+,47-/m1/s1. The van der Waals surface area contributed by atoms with Crippen molar-refractivity contribution < 1.29 is 33.8 Å². The zero-order valence-corrected chi connectivity index (χ0v) is 44.6. The quantitative estimate of drug-likeness (QED) is 0.0522. The van der Waals surface area contributed by atoms with Gasteiger partial charge in [-0.15, -0.1) is 11.3 Å². The van der Waals surface area contributed by atoms with Crippen LogP contribution in [-0.4, -0.2) is 122 Å². The number of aromatic nitrogens is 4. The molecule has 4 fully saturated rings. The van der Waals surface area contributed by atoms with Crippen LogP contribution in [0.15, 0.2) is 75.4 Å². The van der Waals surface area contributed by atoms with E-state index in [0.29, 0.717) is 49.1 Å². The largest absolute Gasteiger partial charge is 0.468 e. The Balaban J connectivity index is 0.813. The van der Waals surface area contributed by atoms with Gasteiger partial charge in [-0.25, -0.2) is 4.98 Å². The zero-order chi connectivity index (χ0) is 51.3. The summed E-state index contributed by atoms with van der Waals surface area (Å²) in [6.45, 7) is 10.4. The number of nitrogens with one attached hydrogen (secondary N) is 2. The van der Waals surface area contributed by atoms with Gasteiger partial charge in [0, 0.05) is 30.0 Å². The minimum Gasteiger partial charge on any atom is -0.468 e. The van der Waals surface area contributed by atoms with Crippen LogP contribution in [-0.2, 0) is 28.7 Å². The molecular weight excluding hydrogens is 1010 g/mol. The van der Waals surface area contributed by atoms with Crippen LogP contribution in [0.5, 0.6) is 0 Å². The average Bonchev–Trinajstić information content (AvgIpc) is 3.69. The summed E-state index contributed by atoms with van der Waals surface area (Å²) in [6, 6.07) is 18.3. The number of piperidine rings is 1. The van der Waals surface area contributed by atoms with Crippen LogP contribution in [0.2, 0.25) is 0 Å². The zero-order valence-electron chi connectivity index (χ0n) is 42.2. The van der Waals surface area contributed by atoms with Gasteiger partial charge in [0.2, 0.25) is 23.5 Å². The van der Waals surface area contributed by atoms with E-state index < -0.39 is 58.8 Å². The molecule has 3 aromatic carbocycles. The second-order valence-electron chi connectivity index (χ2n) is 21.6. The summed E-state index contributed by atoms with van der Waals surface area (Å²) in [4.78, 5) is 82.4. The Kier molecular flexibility index (Phi) is 14.4. The molecule has 3 N–H and O–H groups in total. The number of esters is 1. The first-order chi connectivity index (χ1) is 35.1. The summed E-state index contributed by atoms with van der Waals surface area (Å²) in [7, 11) is 1.24. The van der Waals surface area contributed by atoms with Crippen molar-refractivity contribution in [3.63, 3.8) is 0 Å². The number of benzene rings is 3. The molecule has 2 aliphatic heterocycles. The molecule has 0 unspecified atom stereocenters. The molecule has 0 radical (unpaired) electrons. The number of fused-ring (bicyclic) bond motifs is 5. The maximum Gasteiger partial charge on any atom is 0.321 e. The highest BCUT2D eigenvalue weighted by molar-refractivity contribution is 9.10. The van der Waals surface area contributed by atoms with Crippen LogP contribution in [0.25, 0.3) is 38.2 Å². The summed E-state index contributed by atoms with van der Waals surface area (Å²) in [5.41, 5.74) is 6.58. The second-order valence-corrected chi connectivity index (χ2v) is 23.3. The topological polar surface area (TPSA) is 190 Å². The fourth-order valence-corrected chi connectivity index (χ4v) is 12.8. The van der Waals surface area contributed by atoms with Crippen molar-refractivity contribution in [3.05, 3.63) is 97.8 Å². The van der Waals surface area contributed by atoms with E-state index in [1.54, 1.807) is 11.3 Å². The van der Waals surface area contributed by atoms with E-state index >= 15 is 0 Å². The number of aliphatic hydroxyl groups excluding tert-OH is 1. The van der Waals surface area contributed by atoms with E-state index in [2.05, 4.69) is 63.6 Å². The minimum atomic E-state index is -1.33. The summed E-state index contributed by atoms with van der Waals surface area (Å²) >= 11 is 5.17. The average molecular weight is 1080 g/mol. The molecule has 10 rings (SSSR count). The lowest BCUT2D eigenvalue weighted by Gasteiger charge is -2.36. The maximum absolute atomic E-state index is 14.4. The van der Waals surface area contributed by atoms with Crippen molar-refractivity contribution in [1.82, 2.24) is 39.4 Å². The summed E-state index contributed by atoms with van der Waals surface area (Å²) < 4.78 is 16.6. The lowest BCUT2D eigenvalue weighted by atomic mass is 9.85. The molecule has 5 heterocycles. The highest BCUT2D eigenvalue weighted by Gasteiger charge is 2.59. The van der Waals surface area contributed by atoms with Crippen molar-refractivity contribution in [1.29, 1.82) is 0 Å². The van der Waals surface area contributed by atoms with E-state index in [9.17, 15) is 29.1 Å². The maximum atomic E-state index is 14.4. The van der Waals surface area contributed by atoms with Crippen molar-refractivity contribution >= 4 is 78.7 Å². The van der Waals surface area contributed by atoms with Gasteiger partial charge in [0.15, 0.2) is 0 Å². The molecule has 386 valence electrons. The van der Waals surface area contributed by atoms with E-state index in [1.807, 2.05) is 75.7 Å². The van der Waals surface area contributed by atoms with Crippen molar-refractivity contribution in [3.8, 4) is 10.4 Å². The van der Waals surface area contributed by atoms with Gasteiger partial charge in [0.1, 0.15) is 17.5 Å². The SMILES string of the molecule is COC(=O)C1(C(=O)N[C@H](C(=O)N2C[C@H](O)C[C@H]2C(=O)N[C@@H](COCCN2CCC(c3ccc4c(c3)n(C3CCCC3)c3nc(=O)c5c(Br)cccc5n43)CC2)c2ccc(-c3scnc3C)cc2)C(C)(C)C)CC1. The molecule has 73 heavy (non-hydrogen) atoms. The van der Waals surface area contributed by atoms with Crippen LogP contribution < -0.4 is 16.2 Å². The normalized spacial score (nSPS) is 20.5. The van der Waals surface area contributed by atoms with Crippen molar-refractivity contribution in [2.24, 2.45) is 10.8 Å². The molecular formula is C55H65BrN8O8S. The third kappa shape index (κ3) is 9.97. The smallest absolute Gasteiger partial charge is 0.321 e. The number of halogens is 1. The number of carbonyl (C=O) groups excluding carboxylic acids is 4. The molecule has 0 bridgehead atoms. The highest BCUT2D eigenvalue weighted by Crippen LogP contribution is 2.47. The number of thiazole rings is 1. The molecule has 2 aliphatic carbocycles. The summed E-state index contributed by atoms with van der Waals surface area (Å²) in [5.74, 6) is -1.09. The molecule has 2 saturated heterocycles. The van der Waals surface area contributed by atoms with E-state index in [4.69, 9.17) is 14.5 Å². The third-order valence-corrected chi connectivity index (χ3v) is 17.4. The Labute approximate surface area is 437 Å². The first kappa shape index (κ1) is 51.0. The Morgan fingerprint density at radius 2 is 1.70 bits per heavy atom. The number of imidazole rings is 1. The summed E-state index contributed by atoms with van der Waals surface area (Å²) in [6.07, 6.45) is 6.14. The minimum absolute atomic E-state index is 0.0211. The van der Waals surface area contributed by atoms with Crippen LogP contribution in [0.1, 0.15) is 113 Å². The molecule has 16 nitrogen and oxygen atoms in total. The Morgan fingerprint density at radius 3 is 2.37 bits per heavy atom. The Bertz CT molecular complexity index is 3130. The predicted molar refractivity (Wildman–Crippen MR) is 283 cm³/mol. The first-order valence-electron chi connectivity index (χ1n) is 25.7. The molecule has 3 aromatic heterocycles. The van der Waals surface area contributed by atoms with Gasteiger partial charge in [0.05, 0.1) is 70.5 Å². The van der Waals surface area contributed by atoms with Crippen LogP contribution in [0, 0.1) is 17.8 Å². The van der Waals surface area contributed by atoms with Gasteiger partial charge in [-0.05, 0) is 127 Å². The lowest BCUT2D eigenvalue weighted by Crippen LogP contribution is -2.59. The highest BCUT2D eigenvalue weighted by atomic mass is 79.9. The molecule has 4 atom stereocenters. The van der Waals surface area contributed by atoms with Gasteiger partial charge >= 0.3 is 5.97 Å². The number of aryl methyl sites for hydroxylation is 1. The van der Waals surface area contributed by atoms with E-state index in [1.165, 1.54) is 17.6 Å². The molecule has 18 heteroatoms. The second kappa shape index (κ2) is 20.6. The number of aliphatic hydroxyl groups is 1. The number of likely N-dealkylation sites (tertiary alicyclic amines) is 2. The number of hydrogen-bond acceptors (Lipinski definition) is 12. The van der Waals surface area contributed by atoms with Crippen molar-refractivity contribution in [2.75, 3.05) is 46.5 Å². The molecule has 3 amide bonds. The number of β-amino-alcohol motifs (C(OH)–C–C–N with tert-alkyl or cyclic N) is 1. The lowest BCUT2D eigenvalue weighted by molar-refractivity contribution is -0.154. The number of ether oxygens (including phenoxy) is 2. The van der Waals surface area contributed by atoms with Crippen LogP contribution in [0.3, 0.4) is 0 Å². The van der Waals surface area contributed by atoms with Gasteiger partial charge < -0.3 is 39.6 Å². The van der Waals surface area contributed by atoms with Gasteiger partial charge in [-0.3, -0.25) is 28.4 Å². The third-order valence-electron chi connectivity index (χ3n) is 15.8.